The number of hydrogen-bond donors (Lipinski definition) is 1. The summed E-state index contributed by atoms with van der Waals surface area (Å²) in [7, 11) is 0. The van der Waals surface area contributed by atoms with Crippen LogP contribution < -0.4 is 10.1 Å². The Labute approximate surface area is 122 Å². The topological polar surface area (TPSA) is 21.3 Å². The van der Waals surface area contributed by atoms with Crippen molar-refractivity contribution >= 4 is 11.6 Å². The van der Waals surface area contributed by atoms with Crippen molar-refractivity contribution in [2.24, 2.45) is 11.8 Å². The van der Waals surface area contributed by atoms with Crippen LogP contribution in [0.1, 0.15) is 39.7 Å². The summed E-state index contributed by atoms with van der Waals surface area (Å²) < 4.78 is 5.90. The minimum atomic E-state index is 0.576. The second kappa shape index (κ2) is 8.44. The molecule has 0 aromatic heterocycles. The highest BCUT2D eigenvalue weighted by Crippen LogP contribution is 2.23. The molecule has 1 atom stereocenters. The first-order chi connectivity index (χ1) is 9.02. The van der Waals surface area contributed by atoms with Gasteiger partial charge in [-0.25, -0.2) is 0 Å². The number of nitrogens with one attached hydrogen (secondary N) is 1. The monoisotopic (exact) mass is 283 g/mol. The third-order valence-corrected chi connectivity index (χ3v) is 3.35. The van der Waals surface area contributed by atoms with Crippen LogP contribution in [0.4, 0.5) is 0 Å². The number of rotatable bonds is 8. The molecule has 0 saturated carbocycles. The van der Waals surface area contributed by atoms with Gasteiger partial charge >= 0.3 is 0 Å². The van der Waals surface area contributed by atoms with Crippen LogP contribution in [0, 0.1) is 11.8 Å². The van der Waals surface area contributed by atoms with Gasteiger partial charge in [-0.2, -0.15) is 0 Å². The lowest BCUT2D eigenvalue weighted by molar-refractivity contribution is 0.254. The van der Waals surface area contributed by atoms with Crippen molar-refractivity contribution in [2.45, 2.75) is 40.7 Å². The second-order valence-corrected chi connectivity index (χ2v) is 6.04. The molecule has 108 valence electrons. The highest BCUT2D eigenvalue weighted by molar-refractivity contribution is 6.30. The van der Waals surface area contributed by atoms with Crippen LogP contribution in [0.3, 0.4) is 0 Å². The van der Waals surface area contributed by atoms with E-state index in [-0.39, 0.29) is 0 Å². The maximum Gasteiger partial charge on any atom is 0.123 e. The Balaban J connectivity index is 2.63. The molecule has 0 amide bonds. The highest BCUT2D eigenvalue weighted by Gasteiger charge is 2.07. The first kappa shape index (κ1) is 16.3. The third kappa shape index (κ3) is 6.31. The predicted octanol–water partition coefficient (Wildman–Crippen LogP) is 4.51. The van der Waals surface area contributed by atoms with Gasteiger partial charge in [0.1, 0.15) is 5.75 Å². The minimum absolute atomic E-state index is 0.576. The van der Waals surface area contributed by atoms with Crippen LogP contribution >= 0.6 is 11.6 Å². The van der Waals surface area contributed by atoms with Crippen molar-refractivity contribution < 1.29 is 4.74 Å². The lowest BCUT2D eigenvalue weighted by Gasteiger charge is -2.15. The molecule has 1 aromatic rings. The Kier molecular flexibility index (Phi) is 7.25. The molecule has 0 aliphatic carbocycles. The molecule has 0 aliphatic rings. The molecule has 0 bridgehead atoms. The summed E-state index contributed by atoms with van der Waals surface area (Å²) in [5.74, 6) is 2.16. The van der Waals surface area contributed by atoms with E-state index in [2.05, 4.69) is 33.0 Å². The smallest absolute Gasteiger partial charge is 0.123 e. The Morgan fingerprint density at radius 1 is 1.26 bits per heavy atom. The molecule has 3 heteroatoms. The largest absolute Gasteiger partial charge is 0.493 e. The van der Waals surface area contributed by atoms with E-state index in [1.54, 1.807) is 0 Å². The normalized spacial score (nSPS) is 12.7. The fourth-order valence-electron chi connectivity index (χ4n) is 1.67. The number of benzene rings is 1. The number of halogens is 1. The van der Waals surface area contributed by atoms with Crippen LogP contribution in [-0.2, 0) is 6.54 Å². The van der Waals surface area contributed by atoms with E-state index in [1.165, 1.54) is 0 Å². The predicted molar refractivity (Wildman–Crippen MR) is 82.9 cm³/mol. The SMILES string of the molecule is CCC(C)COc1ccc(Cl)cc1CNCC(C)C. The van der Waals surface area contributed by atoms with E-state index < -0.39 is 0 Å². The molecule has 19 heavy (non-hydrogen) atoms. The third-order valence-electron chi connectivity index (χ3n) is 3.11. The van der Waals surface area contributed by atoms with E-state index >= 15 is 0 Å². The first-order valence-electron chi connectivity index (χ1n) is 7.14. The van der Waals surface area contributed by atoms with Crippen LogP contribution in [-0.4, -0.2) is 13.2 Å². The summed E-state index contributed by atoms with van der Waals surface area (Å²) >= 11 is 6.06. The zero-order valence-electron chi connectivity index (χ0n) is 12.5. The summed E-state index contributed by atoms with van der Waals surface area (Å²) in [6.07, 6.45) is 1.13. The molecule has 0 heterocycles. The van der Waals surface area contributed by atoms with Crippen LogP contribution in [0.2, 0.25) is 5.02 Å². The summed E-state index contributed by atoms with van der Waals surface area (Å²) in [6, 6.07) is 5.84. The molecular formula is C16H26ClNO. The summed E-state index contributed by atoms with van der Waals surface area (Å²) in [6.45, 7) is 11.3. The van der Waals surface area contributed by atoms with E-state index in [0.29, 0.717) is 11.8 Å². The fraction of sp³-hybridized carbons (Fsp3) is 0.625. The van der Waals surface area contributed by atoms with Gasteiger partial charge in [0.25, 0.3) is 0 Å². The van der Waals surface area contributed by atoms with E-state index in [0.717, 1.165) is 42.5 Å². The van der Waals surface area contributed by atoms with Crippen molar-refractivity contribution in [3.8, 4) is 5.75 Å². The quantitative estimate of drug-likeness (QED) is 0.758. The molecule has 1 N–H and O–H groups in total. The molecule has 0 fully saturated rings. The van der Waals surface area contributed by atoms with Crippen LogP contribution in [0.15, 0.2) is 18.2 Å². The summed E-state index contributed by atoms with van der Waals surface area (Å²) in [4.78, 5) is 0. The lowest BCUT2D eigenvalue weighted by atomic mass is 10.1. The van der Waals surface area contributed by atoms with Gasteiger partial charge in [-0.3, -0.25) is 0 Å². The van der Waals surface area contributed by atoms with Gasteiger partial charge in [-0.15, -0.1) is 0 Å². The molecule has 0 spiro atoms. The second-order valence-electron chi connectivity index (χ2n) is 5.60. The van der Waals surface area contributed by atoms with Gasteiger partial charge < -0.3 is 10.1 Å². The van der Waals surface area contributed by atoms with Crippen molar-refractivity contribution in [1.82, 2.24) is 5.32 Å². The Morgan fingerprint density at radius 2 is 2.00 bits per heavy atom. The minimum Gasteiger partial charge on any atom is -0.493 e. The van der Waals surface area contributed by atoms with Crippen LogP contribution in [0.25, 0.3) is 0 Å². The summed E-state index contributed by atoms with van der Waals surface area (Å²) in [5.41, 5.74) is 1.14. The zero-order valence-corrected chi connectivity index (χ0v) is 13.3. The van der Waals surface area contributed by atoms with E-state index in [9.17, 15) is 0 Å². The van der Waals surface area contributed by atoms with Crippen molar-refractivity contribution in [3.63, 3.8) is 0 Å². The van der Waals surface area contributed by atoms with Gasteiger partial charge in [0.2, 0.25) is 0 Å². The zero-order chi connectivity index (χ0) is 14.3. The molecule has 1 aromatic carbocycles. The Morgan fingerprint density at radius 3 is 2.63 bits per heavy atom. The lowest BCUT2D eigenvalue weighted by Crippen LogP contribution is -2.19. The van der Waals surface area contributed by atoms with Gasteiger partial charge in [0, 0.05) is 17.1 Å². The Bertz CT molecular complexity index is 379. The average Bonchev–Trinajstić information content (AvgIpc) is 2.37. The average molecular weight is 284 g/mol. The summed E-state index contributed by atoms with van der Waals surface area (Å²) in [5, 5.41) is 4.19. The van der Waals surface area contributed by atoms with Gasteiger partial charge in [-0.1, -0.05) is 45.7 Å². The highest BCUT2D eigenvalue weighted by atomic mass is 35.5. The van der Waals surface area contributed by atoms with Gasteiger partial charge in [0.15, 0.2) is 0 Å². The fourth-order valence-corrected chi connectivity index (χ4v) is 1.87. The molecule has 0 radical (unpaired) electrons. The van der Waals surface area contributed by atoms with Gasteiger partial charge in [-0.05, 0) is 36.6 Å². The number of ether oxygens (including phenoxy) is 1. The van der Waals surface area contributed by atoms with E-state index in [4.69, 9.17) is 16.3 Å². The van der Waals surface area contributed by atoms with E-state index in [1.807, 2.05) is 18.2 Å². The standard InChI is InChI=1S/C16H26ClNO/c1-5-13(4)11-19-16-7-6-15(17)8-14(16)10-18-9-12(2)3/h6-8,12-13,18H,5,9-11H2,1-4H3. The van der Waals surface area contributed by atoms with Crippen LogP contribution in [0.5, 0.6) is 5.75 Å². The van der Waals surface area contributed by atoms with Crippen molar-refractivity contribution in [2.75, 3.05) is 13.2 Å². The van der Waals surface area contributed by atoms with Gasteiger partial charge in [0.05, 0.1) is 6.61 Å². The van der Waals surface area contributed by atoms with Crippen molar-refractivity contribution in [1.29, 1.82) is 0 Å². The Hall–Kier alpha value is -0.730. The molecule has 0 saturated heterocycles. The molecule has 1 unspecified atom stereocenters. The first-order valence-corrected chi connectivity index (χ1v) is 7.52. The number of hydrogen-bond acceptors (Lipinski definition) is 2. The van der Waals surface area contributed by atoms with Crippen molar-refractivity contribution in [3.05, 3.63) is 28.8 Å². The molecule has 1 rings (SSSR count). The molecule has 0 aliphatic heterocycles. The maximum absolute atomic E-state index is 6.06. The molecular weight excluding hydrogens is 258 g/mol. The molecule has 2 nitrogen and oxygen atoms in total. The maximum atomic E-state index is 6.06.